The van der Waals surface area contributed by atoms with Crippen LogP contribution in [0.2, 0.25) is 0 Å². The summed E-state index contributed by atoms with van der Waals surface area (Å²) in [6.07, 6.45) is 0. The van der Waals surface area contributed by atoms with Gasteiger partial charge >= 0.3 is 0 Å². The van der Waals surface area contributed by atoms with Crippen LogP contribution in [0.5, 0.6) is 0 Å². The van der Waals surface area contributed by atoms with Crippen LogP contribution in [0.3, 0.4) is 0 Å². The second-order valence-corrected chi connectivity index (χ2v) is 3.31. The first-order valence-electron chi connectivity index (χ1n) is 5.93. The van der Waals surface area contributed by atoms with Crippen molar-refractivity contribution in [3.05, 3.63) is 0 Å². The van der Waals surface area contributed by atoms with Gasteiger partial charge in [0.25, 0.3) is 0 Å². The summed E-state index contributed by atoms with van der Waals surface area (Å²) < 4.78 is 20.0. The van der Waals surface area contributed by atoms with E-state index in [1.54, 1.807) is 21.3 Å². The fourth-order valence-corrected chi connectivity index (χ4v) is 0.995. The van der Waals surface area contributed by atoms with E-state index in [9.17, 15) is 0 Å². The summed E-state index contributed by atoms with van der Waals surface area (Å²) in [4.78, 5) is 10.7. The fourth-order valence-electron chi connectivity index (χ4n) is 0.995. The number of hydrogen-bond donors (Lipinski definition) is 0. The van der Waals surface area contributed by atoms with Crippen molar-refractivity contribution in [2.24, 2.45) is 0 Å². The van der Waals surface area contributed by atoms with Gasteiger partial charge in [-0.2, -0.15) is 0 Å². The van der Waals surface area contributed by atoms with Crippen LogP contribution in [0.15, 0.2) is 0 Å². The third kappa shape index (κ3) is 12.2. The third-order valence-corrected chi connectivity index (χ3v) is 1.90. The van der Waals surface area contributed by atoms with E-state index in [4.69, 9.17) is 28.6 Å². The third-order valence-electron chi connectivity index (χ3n) is 1.90. The van der Waals surface area contributed by atoms with E-state index < -0.39 is 0 Å². The Labute approximate surface area is 109 Å². The second-order valence-electron chi connectivity index (χ2n) is 3.31. The van der Waals surface area contributed by atoms with Crippen LogP contribution in [-0.2, 0) is 28.6 Å². The molecule has 0 aromatic rings. The summed E-state index contributed by atoms with van der Waals surface area (Å²) in [5.41, 5.74) is 0. The molecule has 0 unspecified atom stereocenters. The summed E-state index contributed by atoms with van der Waals surface area (Å²) in [7, 11) is 4.87. The molecule has 0 aliphatic carbocycles. The van der Waals surface area contributed by atoms with Crippen LogP contribution in [0.25, 0.3) is 0 Å². The minimum atomic E-state index is 0.432. The number of rotatable bonds is 14. The minimum Gasteiger partial charge on any atom is -0.382 e. The molecule has 0 aromatic carbocycles. The Morgan fingerprint density at radius 2 is 1.11 bits per heavy atom. The lowest BCUT2D eigenvalue weighted by Gasteiger charge is -2.20. The minimum absolute atomic E-state index is 0.432. The standard InChI is InChI=1S/C11H25NO6/c1-13-6-9-16-5-4-12(17-10-7-14-2)18-11-8-15-3/h4-11H2,1-3H3. The molecular formula is C11H25NO6. The van der Waals surface area contributed by atoms with Crippen molar-refractivity contribution in [1.29, 1.82) is 0 Å². The molecule has 0 saturated carbocycles. The van der Waals surface area contributed by atoms with E-state index in [0.29, 0.717) is 52.8 Å². The molecule has 0 atom stereocenters. The molecule has 110 valence electrons. The average molecular weight is 267 g/mol. The second kappa shape index (κ2) is 14.8. The number of methoxy groups -OCH3 is 3. The van der Waals surface area contributed by atoms with E-state index >= 15 is 0 Å². The predicted molar refractivity (Wildman–Crippen MR) is 65.1 cm³/mol. The predicted octanol–water partition coefficient (Wildman–Crippen LogP) is 0.107. The van der Waals surface area contributed by atoms with Crippen LogP contribution in [0, 0.1) is 0 Å². The summed E-state index contributed by atoms with van der Waals surface area (Å²) in [5, 5.41) is 1.39. The van der Waals surface area contributed by atoms with Crippen LogP contribution in [-0.4, -0.2) is 79.3 Å². The van der Waals surface area contributed by atoms with Gasteiger partial charge in [0.05, 0.1) is 52.8 Å². The van der Waals surface area contributed by atoms with Crippen molar-refractivity contribution >= 4 is 0 Å². The molecule has 7 nitrogen and oxygen atoms in total. The van der Waals surface area contributed by atoms with Gasteiger partial charge in [-0.05, 0) is 0 Å². The monoisotopic (exact) mass is 267 g/mol. The van der Waals surface area contributed by atoms with E-state index in [1.165, 1.54) is 5.23 Å². The lowest BCUT2D eigenvalue weighted by molar-refractivity contribution is -0.374. The Balaban J connectivity index is 3.60. The van der Waals surface area contributed by atoms with Gasteiger partial charge in [0.1, 0.15) is 0 Å². The van der Waals surface area contributed by atoms with Gasteiger partial charge in [0.15, 0.2) is 0 Å². The van der Waals surface area contributed by atoms with Crippen molar-refractivity contribution in [2.75, 3.05) is 74.1 Å². The molecule has 0 bridgehead atoms. The summed E-state index contributed by atoms with van der Waals surface area (Å²) >= 11 is 0. The Morgan fingerprint density at radius 1 is 0.611 bits per heavy atom. The molecule has 0 amide bonds. The highest BCUT2D eigenvalue weighted by Gasteiger charge is 2.06. The van der Waals surface area contributed by atoms with Crippen molar-refractivity contribution < 1.29 is 28.6 Å². The lowest BCUT2D eigenvalue weighted by Crippen LogP contribution is -2.31. The van der Waals surface area contributed by atoms with Crippen molar-refractivity contribution in [2.45, 2.75) is 0 Å². The maximum Gasteiger partial charge on any atom is 0.0945 e. The van der Waals surface area contributed by atoms with Gasteiger partial charge in [-0.25, -0.2) is 0 Å². The summed E-state index contributed by atoms with van der Waals surface area (Å²) in [6, 6.07) is 0. The molecule has 0 aliphatic rings. The van der Waals surface area contributed by atoms with Gasteiger partial charge in [-0.3, -0.25) is 9.68 Å². The largest absolute Gasteiger partial charge is 0.382 e. The number of ether oxygens (including phenoxy) is 4. The zero-order valence-corrected chi connectivity index (χ0v) is 11.6. The first-order valence-corrected chi connectivity index (χ1v) is 5.93. The first-order chi connectivity index (χ1) is 8.85. The maximum absolute atomic E-state index is 5.35. The van der Waals surface area contributed by atoms with Gasteiger partial charge in [-0.1, -0.05) is 5.23 Å². The Hall–Kier alpha value is -0.280. The zero-order valence-electron chi connectivity index (χ0n) is 11.6. The molecule has 0 fully saturated rings. The number of hydroxylamine groups is 2. The molecule has 7 heteroatoms. The normalized spacial score (nSPS) is 11.3. The SMILES string of the molecule is COCCOCCN(OCCOC)OCCOC. The first kappa shape index (κ1) is 17.7. The number of nitrogens with zero attached hydrogens (tertiary/aromatic N) is 1. The fraction of sp³-hybridized carbons (Fsp3) is 1.00. The van der Waals surface area contributed by atoms with E-state index in [-0.39, 0.29) is 0 Å². The Bertz CT molecular complexity index is 150. The molecule has 0 N–H and O–H groups in total. The molecule has 0 radical (unpaired) electrons. The quantitative estimate of drug-likeness (QED) is 0.327. The molecule has 0 rings (SSSR count). The molecule has 0 heterocycles. The highest BCUT2D eigenvalue weighted by Crippen LogP contribution is 1.94. The molecule has 0 spiro atoms. The van der Waals surface area contributed by atoms with Crippen LogP contribution in [0.1, 0.15) is 0 Å². The van der Waals surface area contributed by atoms with Gasteiger partial charge in [0.2, 0.25) is 0 Å². The zero-order chi connectivity index (χ0) is 13.5. The highest BCUT2D eigenvalue weighted by molar-refractivity contribution is 4.36. The summed E-state index contributed by atoms with van der Waals surface area (Å²) in [5.74, 6) is 0. The molecule has 0 saturated heterocycles. The molecular weight excluding hydrogens is 242 g/mol. The van der Waals surface area contributed by atoms with Crippen LogP contribution in [0.4, 0.5) is 0 Å². The van der Waals surface area contributed by atoms with Gasteiger partial charge < -0.3 is 18.9 Å². The topological polar surface area (TPSA) is 58.6 Å². The summed E-state index contributed by atoms with van der Waals surface area (Å²) in [6.45, 7) is 4.03. The lowest BCUT2D eigenvalue weighted by atomic mass is 10.7. The molecule has 0 aromatic heterocycles. The molecule has 0 aliphatic heterocycles. The van der Waals surface area contributed by atoms with Crippen LogP contribution >= 0.6 is 0 Å². The van der Waals surface area contributed by atoms with E-state index in [0.717, 1.165) is 0 Å². The Morgan fingerprint density at radius 3 is 1.61 bits per heavy atom. The van der Waals surface area contributed by atoms with Crippen molar-refractivity contribution in [1.82, 2.24) is 5.23 Å². The Kier molecular flexibility index (Phi) is 14.5. The maximum atomic E-state index is 5.35. The van der Waals surface area contributed by atoms with E-state index in [1.807, 2.05) is 0 Å². The van der Waals surface area contributed by atoms with E-state index in [2.05, 4.69) is 0 Å². The molecule has 18 heavy (non-hydrogen) atoms. The van der Waals surface area contributed by atoms with Gasteiger partial charge in [0, 0.05) is 21.3 Å². The smallest absolute Gasteiger partial charge is 0.0945 e. The highest BCUT2D eigenvalue weighted by atomic mass is 17.0. The van der Waals surface area contributed by atoms with Crippen LogP contribution < -0.4 is 0 Å². The van der Waals surface area contributed by atoms with Crippen molar-refractivity contribution in [3.63, 3.8) is 0 Å². The average Bonchev–Trinajstić information content (AvgIpc) is 2.38. The van der Waals surface area contributed by atoms with Crippen molar-refractivity contribution in [3.8, 4) is 0 Å². The van der Waals surface area contributed by atoms with Gasteiger partial charge in [-0.15, -0.1) is 0 Å². The number of hydrogen-bond acceptors (Lipinski definition) is 7.